The van der Waals surface area contributed by atoms with Gasteiger partial charge in [-0.15, -0.1) is 0 Å². The molecule has 15 heavy (non-hydrogen) atoms. The molecular weight excluding hydrogens is 254 g/mol. The van der Waals surface area contributed by atoms with Gasteiger partial charge in [-0.1, -0.05) is 22.9 Å². The molecule has 1 nitrogen and oxygen atoms in total. The van der Waals surface area contributed by atoms with Crippen LogP contribution in [0.3, 0.4) is 0 Å². The van der Waals surface area contributed by atoms with Crippen LogP contribution in [-0.2, 0) is 6.18 Å². The zero-order chi connectivity index (χ0) is 11.2. The molecule has 0 atom stereocenters. The topological polar surface area (TPSA) is 12.9 Å². The highest BCUT2D eigenvalue weighted by atomic mass is 35.5. The second kappa shape index (κ2) is 3.31. The lowest BCUT2D eigenvalue weighted by molar-refractivity contribution is -0.139. The minimum Gasteiger partial charge on any atom is -0.225 e. The summed E-state index contributed by atoms with van der Waals surface area (Å²) in [6.07, 6.45) is -4.70. The highest BCUT2D eigenvalue weighted by Crippen LogP contribution is 2.37. The van der Waals surface area contributed by atoms with E-state index in [4.69, 9.17) is 11.6 Å². The van der Waals surface area contributed by atoms with Crippen LogP contribution in [0.1, 0.15) is 5.56 Å². The summed E-state index contributed by atoms with van der Waals surface area (Å²) in [5, 5.41) is 0. The Morgan fingerprint density at radius 3 is 2.53 bits per heavy atom. The minimum absolute atomic E-state index is 0.0169. The van der Waals surface area contributed by atoms with Gasteiger partial charge in [0.05, 0.1) is 15.8 Å². The Labute approximate surface area is 90.3 Å². The van der Waals surface area contributed by atoms with Crippen molar-refractivity contribution in [3.05, 3.63) is 28.0 Å². The fourth-order valence-electron chi connectivity index (χ4n) is 1.15. The summed E-state index contributed by atoms with van der Waals surface area (Å²) in [5.74, 6) is -1.32. The average Bonchev–Trinajstić information content (AvgIpc) is 2.44. The largest absolute Gasteiger partial charge is 0.419 e. The predicted molar refractivity (Wildman–Crippen MR) is 49.6 cm³/mol. The Balaban J connectivity index is 2.75. The molecule has 0 amide bonds. The van der Waals surface area contributed by atoms with Crippen molar-refractivity contribution >= 4 is 33.2 Å². The fourth-order valence-corrected chi connectivity index (χ4v) is 2.20. The summed E-state index contributed by atoms with van der Waals surface area (Å²) in [6.45, 7) is 0. The van der Waals surface area contributed by atoms with Crippen LogP contribution in [0.25, 0.3) is 10.2 Å². The number of halogens is 5. The molecule has 0 saturated carbocycles. The van der Waals surface area contributed by atoms with Crippen LogP contribution in [0.4, 0.5) is 17.6 Å². The lowest BCUT2D eigenvalue weighted by atomic mass is 10.2. The van der Waals surface area contributed by atoms with Crippen LogP contribution in [0.5, 0.6) is 0 Å². The maximum atomic E-state index is 13.4. The van der Waals surface area contributed by atoms with E-state index in [-0.39, 0.29) is 14.7 Å². The minimum atomic E-state index is -4.70. The molecule has 0 N–H and O–H groups in total. The molecular formula is C8H2ClF4NS. The first kappa shape index (κ1) is 10.6. The van der Waals surface area contributed by atoms with Gasteiger partial charge < -0.3 is 0 Å². The Morgan fingerprint density at radius 2 is 1.93 bits per heavy atom. The van der Waals surface area contributed by atoms with Crippen molar-refractivity contribution in [3.63, 3.8) is 0 Å². The number of rotatable bonds is 0. The number of fused-ring (bicyclic) bond motifs is 1. The van der Waals surface area contributed by atoms with Gasteiger partial charge in [0.1, 0.15) is 0 Å². The van der Waals surface area contributed by atoms with E-state index in [1.165, 1.54) is 0 Å². The molecule has 1 aromatic carbocycles. The summed E-state index contributed by atoms with van der Waals surface area (Å²) in [6, 6.07) is 1.76. The zero-order valence-corrected chi connectivity index (χ0v) is 8.47. The summed E-state index contributed by atoms with van der Waals surface area (Å²) in [5.41, 5.74) is -1.16. The quantitative estimate of drug-likeness (QED) is 0.646. The maximum Gasteiger partial charge on any atom is 0.419 e. The van der Waals surface area contributed by atoms with E-state index in [2.05, 4.69) is 4.98 Å². The van der Waals surface area contributed by atoms with Crippen LogP contribution >= 0.6 is 22.9 Å². The first-order valence-electron chi connectivity index (χ1n) is 3.71. The molecule has 0 aliphatic heterocycles. The van der Waals surface area contributed by atoms with Crippen molar-refractivity contribution in [1.82, 2.24) is 4.98 Å². The molecule has 0 bridgehead atoms. The molecule has 0 spiro atoms. The second-order valence-corrected chi connectivity index (χ2v) is 4.32. The molecule has 0 aliphatic rings. The van der Waals surface area contributed by atoms with Crippen LogP contribution in [-0.4, -0.2) is 4.98 Å². The molecule has 2 rings (SSSR count). The van der Waals surface area contributed by atoms with Gasteiger partial charge in [0, 0.05) is 0 Å². The van der Waals surface area contributed by atoms with Crippen molar-refractivity contribution in [3.8, 4) is 0 Å². The van der Waals surface area contributed by atoms with Crippen LogP contribution < -0.4 is 0 Å². The maximum absolute atomic E-state index is 13.4. The number of aromatic nitrogens is 1. The highest BCUT2D eigenvalue weighted by Gasteiger charge is 2.35. The summed E-state index contributed by atoms with van der Waals surface area (Å²) in [4.78, 5) is 3.67. The molecule has 0 unspecified atom stereocenters. The zero-order valence-electron chi connectivity index (χ0n) is 6.90. The standard InChI is InChI=1S/C8H2ClF4NS/c9-7-14-4-2-1-3(8(11,12)13)5(10)6(4)15-7/h1-2H. The number of thiazole rings is 1. The second-order valence-electron chi connectivity index (χ2n) is 2.74. The number of hydrogen-bond acceptors (Lipinski definition) is 2. The van der Waals surface area contributed by atoms with Gasteiger partial charge in [0.15, 0.2) is 10.3 Å². The van der Waals surface area contributed by atoms with Gasteiger partial charge in [0.2, 0.25) is 0 Å². The Morgan fingerprint density at radius 1 is 1.27 bits per heavy atom. The molecule has 1 heterocycles. The van der Waals surface area contributed by atoms with Gasteiger partial charge in [-0.05, 0) is 12.1 Å². The first-order valence-corrected chi connectivity index (χ1v) is 4.91. The third kappa shape index (κ3) is 1.79. The third-order valence-electron chi connectivity index (χ3n) is 1.78. The normalized spacial score (nSPS) is 12.3. The smallest absolute Gasteiger partial charge is 0.225 e. The molecule has 0 aliphatic carbocycles. The Kier molecular flexibility index (Phi) is 2.35. The highest BCUT2D eigenvalue weighted by molar-refractivity contribution is 7.22. The third-order valence-corrected chi connectivity index (χ3v) is 2.94. The van der Waals surface area contributed by atoms with E-state index in [1.807, 2.05) is 0 Å². The van der Waals surface area contributed by atoms with Crippen molar-refractivity contribution in [2.24, 2.45) is 0 Å². The number of nitrogens with zero attached hydrogens (tertiary/aromatic N) is 1. The fraction of sp³-hybridized carbons (Fsp3) is 0.125. The van der Waals surface area contributed by atoms with Gasteiger partial charge in [-0.3, -0.25) is 0 Å². The summed E-state index contributed by atoms with van der Waals surface area (Å²) < 4.78 is 50.1. The van der Waals surface area contributed by atoms with E-state index in [1.54, 1.807) is 0 Å². The van der Waals surface area contributed by atoms with E-state index >= 15 is 0 Å². The summed E-state index contributed by atoms with van der Waals surface area (Å²) in [7, 11) is 0. The van der Waals surface area contributed by atoms with E-state index in [0.717, 1.165) is 6.07 Å². The monoisotopic (exact) mass is 255 g/mol. The Hall–Kier alpha value is -0.880. The van der Waals surface area contributed by atoms with Gasteiger partial charge in [-0.2, -0.15) is 13.2 Å². The lowest BCUT2D eigenvalue weighted by Gasteiger charge is -2.07. The van der Waals surface area contributed by atoms with Crippen LogP contribution in [0.15, 0.2) is 12.1 Å². The molecule has 1 aromatic heterocycles. The number of benzene rings is 1. The van der Waals surface area contributed by atoms with Crippen LogP contribution in [0.2, 0.25) is 4.47 Å². The molecule has 7 heteroatoms. The Bertz CT molecular complexity index is 519. The number of hydrogen-bond donors (Lipinski definition) is 0. The summed E-state index contributed by atoms with van der Waals surface area (Å²) >= 11 is 6.17. The van der Waals surface area contributed by atoms with E-state index < -0.39 is 17.6 Å². The van der Waals surface area contributed by atoms with Crippen molar-refractivity contribution in [2.45, 2.75) is 6.18 Å². The van der Waals surface area contributed by atoms with E-state index in [9.17, 15) is 17.6 Å². The number of alkyl halides is 3. The predicted octanol–water partition coefficient (Wildman–Crippen LogP) is 4.11. The SMILES string of the molecule is Fc1c(C(F)(F)F)ccc2nc(Cl)sc12. The molecule has 0 radical (unpaired) electrons. The van der Waals surface area contributed by atoms with Gasteiger partial charge >= 0.3 is 6.18 Å². The molecule has 2 aromatic rings. The van der Waals surface area contributed by atoms with E-state index in [0.29, 0.717) is 17.4 Å². The average molecular weight is 256 g/mol. The van der Waals surface area contributed by atoms with Crippen molar-refractivity contribution < 1.29 is 17.6 Å². The van der Waals surface area contributed by atoms with Crippen molar-refractivity contribution in [1.29, 1.82) is 0 Å². The first-order chi connectivity index (χ1) is 6.89. The molecule has 80 valence electrons. The van der Waals surface area contributed by atoms with Crippen LogP contribution in [0, 0.1) is 5.82 Å². The molecule has 0 fully saturated rings. The van der Waals surface area contributed by atoms with Gasteiger partial charge in [0.25, 0.3) is 0 Å². The van der Waals surface area contributed by atoms with Crippen molar-refractivity contribution in [2.75, 3.05) is 0 Å². The van der Waals surface area contributed by atoms with Gasteiger partial charge in [-0.25, -0.2) is 9.37 Å². The lowest BCUT2D eigenvalue weighted by Crippen LogP contribution is -2.07. The molecule has 0 saturated heterocycles.